The first-order chi connectivity index (χ1) is 10.2. The minimum Gasteiger partial charge on any atom is -0.493 e. The minimum absolute atomic E-state index is 0.145. The number of nitrogens with zero attached hydrogens (tertiary/aromatic N) is 1. The summed E-state index contributed by atoms with van der Waals surface area (Å²) in [7, 11) is 0. The van der Waals surface area contributed by atoms with Crippen molar-refractivity contribution in [2.24, 2.45) is 0 Å². The molecule has 0 aliphatic heterocycles. The van der Waals surface area contributed by atoms with E-state index in [1.165, 1.54) is 12.8 Å². The van der Waals surface area contributed by atoms with E-state index >= 15 is 0 Å². The van der Waals surface area contributed by atoms with Gasteiger partial charge < -0.3 is 10.1 Å². The summed E-state index contributed by atoms with van der Waals surface area (Å²) in [4.78, 5) is 11.3. The summed E-state index contributed by atoms with van der Waals surface area (Å²) >= 11 is 5.98. The molecule has 1 amide bonds. The van der Waals surface area contributed by atoms with Gasteiger partial charge in [-0.15, -0.1) is 0 Å². The fourth-order valence-electron chi connectivity index (χ4n) is 1.87. The van der Waals surface area contributed by atoms with Crippen molar-refractivity contribution in [3.05, 3.63) is 28.8 Å². The van der Waals surface area contributed by atoms with Crippen molar-refractivity contribution < 1.29 is 9.53 Å². The molecule has 1 aromatic carbocycles. The van der Waals surface area contributed by atoms with Gasteiger partial charge in [-0.2, -0.15) is 5.26 Å². The van der Waals surface area contributed by atoms with Crippen LogP contribution in [-0.2, 0) is 11.3 Å². The highest BCUT2D eigenvalue weighted by molar-refractivity contribution is 6.30. The van der Waals surface area contributed by atoms with Crippen LogP contribution in [0.3, 0.4) is 0 Å². The molecule has 4 nitrogen and oxygen atoms in total. The van der Waals surface area contributed by atoms with Crippen molar-refractivity contribution >= 4 is 17.5 Å². The van der Waals surface area contributed by atoms with Crippen LogP contribution in [0.2, 0.25) is 5.02 Å². The van der Waals surface area contributed by atoms with E-state index in [1.807, 2.05) is 12.1 Å². The van der Waals surface area contributed by atoms with E-state index in [0.29, 0.717) is 18.2 Å². The number of rotatable bonds is 9. The molecule has 0 saturated carbocycles. The molecule has 0 spiro atoms. The Hall–Kier alpha value is -1.73. The van der Waals surface area contributed by atoms with E-state index in [1.54, 1.807) is 12.1 Å². The Kier molecular flexibility index (Phi) is 8.30. The quantitative estimate of drug-likeness (QED) is 0.705. The molecule has 0 fully saturated rings. The molecule has 0 aliphatic rings. The number of carbonyl (C=O) groups excluding carboxylic acids is 1. The molecule has 0 heterocycles. The van der Waals surface area contributed by atoms with E-state index in [2.05, 4.69) is 12.2 Å². The lowest BCUT2D eigenvalue weighted by Gasteiger charge is -2.12. The van der Waals surface area contributed by atoms with Crippen molar-refractivity contribution in [3.63, 3.8) is 0 Å². The van der Waals surface area contributed by atoms with Gasteiger partial charge >= 0.3 is 0 Å². The van der Waals surface area contributed by atoms with E-state index in [-0.39, 0.29) is 12.3 Å². The first-order valence-corrected chi connectivity index (χ1v) is 7.60. The molecular weight excluding hydrogens is 288 g/mol. The lowest BCUT2D eigenvalue weighted by molar-refractivity contribution is -0.120. The molecule has 5 heteroatoms. The summed E-state index contributed by atoms with van der Waals surface area (Å²) in [5.41, 5.74) is 0.823. The Morgan fingerprint density at radius 1 is 1.38 bits per heavy atom. The van der Waals surface area contributed by atoms with Crippen molar-refractivity contribution in [2.75, 3.05) is 6.61 Å². The Bertz CT molecular complexity index is 498. The zero-order valence-corrected chi connectivity index (χ0v) is 13.1. The highest BCUT2D eigenvalue weighted by atomic mass is 35.5. The Balaban J connectivity index is 2.54. The second kappa shape index (κ2) is 10.1. The lowest BCUT2D eigenvalue weighted by atomic mass is 10.2. The maximum Gasteiger partial charge on any atom is 0.234 e. The molecule has 0 radical (unpaired) electrons. The van der Waals surface area contributed by atoms with Crippen LogP contribution in [0, 0.1) is 11.3 Å². The average Bonchev–Trinajstić information content (AvgIpc) is 2.47. The lowest BCUT2D eigenvalue weighted by Crippen LogP contribution is -2.22. The number of nitriles is 1. The third kappa shape index (κ3) is 7.01. The van der Waals surface area contributed by atoms with Crippen LogP contribution in [0.4, 0.5) is 0 Å². The summed E-state index contributed by atoms with van der Waals surface area (Å²) in [6.07, 6.45) is 4.42. The van der Waals surface area contributed by atoms with Gasteiger partial charge in [0.25, 0.3) is 0 Å². The predicted molar refractivity (Wildman–Crippen MR) is 83.2 cm³/mol. The van der Waals surface area contributed by atoms with Crippen molar-refractivity contribution in [2.45, 2.75) is 45.6 Å². The van der Waals surface area contributed by atoms with Gasteiger partial charge in [-0.1, -0.05) is 37.8 Å². The molecule has 0 aliphatic carbocycles. The maximum absolute atomic E-state index is 11.3. The number of ether oxygens (including phenoxy) is 1. The van der Waals surface area contributed by atoms with Crippen LogP contribution in [0.5, 0.6) is 5.75 Å². The van der Waals surface area contributed by atoms with E-state index in [0.717, 1.165) is 24.2 Å². The Morgan fingerprint density at radius 3 is 2.90 bits per heavy atom. The first-order valence-electron chi connectivity index (χ1n) is 7.22. The predicted octanol–water partition coefficient (Wildman–Crippen LogP) is 3.83. The number of halogens is 1. The summed E-state index contributed by atoms with van der Waals surface area (Å²) < 4.78 is 5.76. The molecule has 0 saturated heterocycles. The maximum atomic E-state index is 11.3. The van der Waals surface area contributed by atoms with Gasteiger partial charge in [0.05, 0.1) is 12.7 Å². The Morgan fingerprint density at radius 2 is 2.19 bits per heavy atom. The number of amides is 1. The fourth-order valence-corrected chi connectivity index (χ4v) is 2.06. The van der Waals surface area contributed by atoms with Crippen LogP contribution >= 0.6 is 11.6 Å². The van der Waals surface area contributed by atoms with E-state index in [9.17, 15) is 4.79 Å². The standard InChI is InChI=1S/C16H21ClN2O2/c1-2-3-4-5-10-21-15-7-6-14(17)11-13(15)12-19-16(20)8-9-18/h6-7,11H,2-5,8,10,12H2,1H3,(H,19,20). The summed E-state index contributed by atoms with van der Waals surface area (Å²) in [6, 6.07) is 7.17. The Labute approximate surface area is 131 Å². The van der Waals surface area contributed by atoms with Crippen molar-refractivity contribution in [1.29, 1.82) is 5.26 Å². The van der Waals surface area contributed by atoms with Crippen LogP contribution in [0.15, 0.2) is 18.2 Å². The monoisotopic (exact) mass is 308 g/mol. The number of unbranched alkanes of at least 4 members (excludes halogenated alkanes) is 3. The second-order valence-corrected chi connectivity index (χ2v) is 5.21. The molecular formula is C16H21ClN2O2. The third-order valence-corrected chi connectivity index (χ3v) is 3.23. The molecule has 0 bridgehead atoms. The van der Waals surface area contributed by atoms with Crippen LogP contribution < -0.4 is 10.1 Å². The van der Waals surface area contributed by atoms with Crippen molar-refractivity contribution in [1.82, 2.24) is 5.32 Å². The van der Waals surface area contributed by atoms with Gasteiger partial charge in [0.1, 0.15) is 12.2 Å². The van der Waals surface area contributed by atoms with Gasteiger partial charge in [0.15, 0.2) is 0 Å². The van der Waals surface area contributed by atoms with Gasteiger partial charge in [0.2, 0.25) is 5.91 Å². The minimum atomic E-state index is -0.300. The smallest absolute Gasteiger partial charge is 0.234 e. The number of carbonyl (C=O) groups is 1. The topological polar surface area (TPSA) is 62.1 Å². The normalized spacial score (nSPS) is 9.95. The van der Waals surface area contributed by atoms with Gasteiger partial charge in [-0.05, 0) is 24.6 Å². The van der Waals surface area contributed by atoms with Crippen LogP contribution in [0.1, 0.15) is 44.6 Å². The zero-order valence-electron chi connectivity index (χ0n) is 12.3. The van der Waals surface area contributed by atoms with Gasteiger partial charge in [-0.25, -0.2) is 0 Å². The summed E-state index contributed by atoms with van der Waals surface area (Å²) in [5.74, 6) is 0.430. The zero-order chi connectivity index (χ0) is 15.5. The number of nitrogens with one attached hydrogen (secondary N) is 1. The second-order valence-electron chi connectivity index (χ2n) is 4.77. The third-order valence-electron chi connectivity index (χ3n) is 2.99. The molecule has 21 heavy (non-hydrogen) atoms. The summed E-state index contributed by atoms with van der Waals surface area (Å²) in [6.45, 7) is 3.13. The first kappa shape index (κ1) is 17.3. The molecule has 0 aromatic heterocycles. The largest absolute Gasteiger partial charge is 0.493 e. The van der Waals surface area contributed by atoms with E-state index in [4.69, 9.17) is 21.6 Å². The molecule has 0 atom stereocenters. The molecule has 1 rings (SSSR count). The van der Waals surface area contributed by atoms with Crippen LogP contribution in [0.25, 0.3) is 0 Å². The molecule has 114 valence electrons. The highest BCUT2D eigenvalue weighted by Gasteiger charge is 2.07. The van der Waals surface area contributed by atoms with Gasteiger partial charge in [0, 0.05) is 17.1 Å². The molecule has 1 aromatic rings. The molecule has 1 N–H and O–H groups in total. The number of benzene rings is 1. The number of hydrogen-bond donors (Lipinski definition) is 1. The fraction of sp³-hybridized carbons (Fsp3) is 0.500. The molecule has 0 unspecified atom stereocenters. The average molecular weight is 309 g/mol. The van der Waals surface area contributed by atoms with Crippen molar-refractivity contribution in [3.8, 4) is 11.8 Å². The van der Waals surface area contributed by atoms with Crippen LogP contribution in [-0.4, -0.2) is 12.5 Å². The highest BCUT2D eigenvalue weighted by Crippen LogP contribution is 2.23. The van der Waals surface area contributed by atoms with E-state index < -0.39 is 0 Å². The number of hydrogen-bond acceptors (Lipinski definition) is 3. The summed E-state index contributed by atoms with van der Waals surface area (Å²) in [5, 5.41) is 11.7. The van der Waals surface area contributed by atoms with Gasteiger partial charge in [-0.3, -0.25) is 4.79 Å². The SMILES string of the molecule is CCCCCCOc1ccc(Cl)cc1CNC(=O)CC#N.